The molecule has 0 saturated heterocycles. The van der Waals surface area contributed by atoms with Crippen LogP contribution in [0.5, 0.6) is 0 Å². The molecule has 0 aromatic heterocycles. The summed E-state index contributed by atoms with van der Waals surface area (Å²) in [5.74, 6) is -1.37. The summed E-state index contributed by atoms with van der Waals surface area (Å²) in [7, 11) is 1.27. The molecule has 0 aliphatic heterocycles. The molecule has 5 nitrogen and oxygen atoms in total. The van der Waals surface area contributed by atoms with E-state index in [1.54, 1.807) is 6.92 Å². The molecule has 0 aliphatic carbocycles. The van der Waals surface area contributed by atoms with E-state index in [-0.39, 0.29) is 12.2 Å². The van der Waals surface area contributed by atoms with Gasteiger partial charge in [-0.3, -0.25) is 14.4 Å². The van der Waals surface area contributed by atoms with Gasteiger partial charge in [0.2, 0.25) is 0 Å². The van der Waals surface area contributed by atoms with Crippen LogP contribution in [0.15, 0.2) is 0 Å². The molecule has 0 aromatic rings. The van der Waals surface area contributed by atoms with E-state index in [1.165, 1.54) is 7.11 Å². The van der Waals surface area contributed by atoms with Gasteiger partial charge < -0.3 is 9.84 Å². The van der Waals surface area contributed by atoms with Gasteiger partial charge in [0.15, 0.2) is 0 Å². The van der Waals surface area contributed by atoms with Gasteiger partial charge in [-0.1, -0.05) is 6.92 Å². The molecule has 0 spiro atoms. The fraction of sp³-hybridized carbons (Fsp3) is 0.625. The van der Waals surface area contributed by atoms with Crippen LogP contribution >= 0.6 is 0 Å². The second kappa shape index (κ2) is 8.70. The largest absolute Gasteiger partial charge is 0.481 e. The number of ketones is 1. The van der Waals surface area contributed by atoms with Gasteiger partial charge >= 0.3 is 5.97 Å². The topological polar surface area (TPSA) is 80.7 Å². The lowest BCUT2D eigenvalue weighted by atomic mass is 10.2. The molecule has 0 heterocycles. The van der Waals surface area contributed by atoms with Gasteiger partial charge in [0.1, 0.15) is 12.2 Å². The number of carboxylic acid groups (broad SMARTS) is 1. The summed E-state index contributed by atoms with van der Waals surface area (Å²) in [6, 6.07) is 0. The van der Waals surface area contributed by atoms with Crippen LogP contribution in [0, 0.1) is 0 Å². The summed E-state index contributed by atoms with van der Waals surface area (Å²) in [4.78, 5) is 29.8. The summed E-state index contributed by atoms with van der Waals surface area (Å²) in [6.07, 6.45) is 0.308. The van der Waals surface area contributed by atoms with Crippen LogP contribution in [0.25, 0.3) is 0 Å². The number of aliphatic carboxylic acids is 1. The summed E-state index contributed by atoms with van der Waals surface area (Å²) in [5.41, 5.74) is 0. The van der Waals surface area contributed by atoms with Crippen molar-refractivity contribution in [1.82, 2.24) is 0 Å². The quantitative estimate of drug-likeness (QED) is 0.521. The molecule has 0 saturated carbocycles. The molecule has 0 radical (unpaired) electrons. The fourth-order valence-corrected chi connectivity index (χ4v) is 0.358. The minimum atomic E-state index is -0.833. The molecular weight excluding hydrogens is 176 g/mol. The van der Waals surface area contributed by atoms with E-state index in [4.69, 9.17) is 9.90 Å². The Hall–Kier alpha value is -1.39. The molecule has 0 aromatic carbocycles. The second-order valence-electron chi connectivity index (χ2n) is 2.16. The highest BCUT2D eigenvalue weighted by atomic mass is 16.5. The van der Waals surface area contributed by atoms with Gasteiger partial charge in [-0.2, -0.15) is 0 Å². The molecule has 0 bridgehead atoms. The zero-order valence-electron chi connectivity index (χ0n) is 7.99. The third kappa shape index (κ3) is 18.0. The van der Waals surface area contributed by atoms with Gasteiger partial charge in [-0.15, -0.1) is 0 Å². The highest BCUT2D eigenvalue weighted by Gasteiger charge is 2.05. The molecule has 1 N–H and O–H groups in total. The number of methoxy groups -OCH3 is 1. The number of Topliss-reactive ketones (excluding diaryl/α,β-unsaturated/α-hetero) is 1. The number of carbonyl (C=O) groups excluding carboxylic acids is 2. The number of esters is 1. The van der Waals surface area contributed by atoms with Crippen molar-refractivity contribution in [1.29, 1.82) is 0 Å². The van der Waals surface area contributed by atoms with E-state index >= 15 is 0 Å². The van der Waals surface area contributed by atoms with E-state index in [9.17, 15) is 9.59 Å². The number of ether oxygens (including phenoxy) is 1. The summed E-state index contributed by atoms with van der Waals surface area (Å²) in [5, 5.41) is 7.42. The normalized spacial score (nSPS) is 7.92. The highest BCUT2D eigenvalue weighted by molar-refractivity contribution is 5.95. The second-order valence-corrected chi connectivity index (χ2v) is 2.16. The standard InChI is InChI=1S/C6H10O3.C2H4O2/c1-3-5(7)4-6(8)9-2;1-2(3)4/h3-4H2,1-2H3;1H3,(H,3,4). The van der Waals surface area contributed by atoms with Crippen LogP contribution in [0.4, 0.5) is 0 Å². The number of hydrogen-bond acceptors (Lipinski definition) is 4. The zero-order valence-corrected chi connectivity index (χ0v) is 7.99. The molecule has 0 atom stereocenters. The molecule has 0 aliphatic rings. The lowest BCUT2D eigenvalue weighted by molar-refractivity contribution is -0.143. The van der Waals surface area contributed by atoms with Crippen LogP contribution < -0.4 is 0 Å². The maximum atomic E-state index is 10.5. The SMILES string of the molecule is CC(=O)O.CCC(=O)CC(=O)OC. The van der Waals surface area contributed by atoms with Crippen LogP contribution in [0.1, 0.15) is 26.7 Å². The minimum Gasteiger partial charge on any atom is -0.481 e. The first-order valence-corrected chi connectivity index (χ1v) is 3.72. The van der Waals surface area contributed by atoms with E-state index < -0.39 is 11.9 Å². The summed E-state index contributed by atoms with van der Waals surface area (Å²) < 4.78 is 4.26. The minimum absolute atomic E-state index is 0.0816. The zero-order chi connectivity index (χ0) is 10.9. The lowest BCUT2D eigenvalue weighted by Crippen LogP contribution is -2.07. The van der Waals surface area contributed by atoms with E-state index in [0.717, 1.165) is 6.92 Å². The van der Waals surface area contributed by atoms with Crippen LogP contribution in [0.2, 0.25) is 0 Å². The Balaban J connectivity index is 0. The maximum Gasteiger partial charge on any atom is 0.313 e. The third-order valence-corrected chi connectivity index (χ3v) is 0.964. The van der Waals surface area contributed by atoms with E-state index in [0.29, 0.717) is 6.42 Å². The Labute approximate surface area is 76.7 Å². The summed E-state index contributed by atoms with van der Waals surface area (Å²) >= 11 is 0. The van der Waals surface area contributed by atoms with Gasteiger partial charge in [-0.05, 0) is 0 Å². The smallest absolute Gasteiger partial charge is 0.313 e. The van der Waals surface area contributed by atoms with Crippen molar-refractivity contribution < 1.29 is 24.2 Å². The Morgan fingerprint density at radius 3 is 1.92 bits per heavy atom. The Morgan fingerprint density at radius 2 is 1.69 bits per heavy atom. The predicted molar refractivity (Wildman–Crippen MR) is 45.2 cm³/mol. The number of carbonyl (C=O) groups is 3. The van der Waals surface area contributed by atoms with Crippen LogP contribution in [-0.4, -0.2) is 29.9 Å². The van der Waals surface area contributed by atoms with Crippen molar-refractivity contribution in [2.24, 2.45) is 0 Å². The van der Waals surface area contributed by atoms with Crippen molar-refractivity contribution in [2.75, 3.05) is 7.11 Å². The maximum absolute atomic E-state index is 10.5. The van der Waals surface area contributed by atoms with Crippen molar-refractivity contribution in [3.05, 3.63) is 0 Å². The van der Waals surface area contributed by atoms with E-state index in [1.807, 2.05) is 0 Å². The molecule has 0 amide bonds. The third-order valence-electron chi connectivity index (χ3n) is 0.964. The monoisotopic (exact) mass is 190 g/mol. The van der Waals surface area contributed by atoms with Gasteiger partial charge in [0.05, 0.1) is 7.11 Å². The van der Waals surface area contributed by atoms with E-state index in [2.05, 4.69) is 4.74 Å². The first-order chi connectivity index (χ1) is 5.93. The molecule has 13 heavy (non-hydrogen) atoms. The number of carboxylic acids is 1. The Bertz CT molecular complexity index is 167. The molecule has 5 heteroatoms. The number of rotatable bonds is 3. The van der Waals surface area contributed by atoms with Crippen molar-refractivity contribution in [3.63, 3.8) is 0 Å². The van der Waals surface area contributed by atoms with Crippen molar-refractivity contribution in [3.8, 4) is 0 Å². The average Bonchev–Trinajstić information content (AvgIpc) is 2.03. The number of hydrogen-bond donors (Lipinski definition) is 1. The highest BCUT2D eigenvalue weighted by Crippen LogP contribution is 1.89. The van der Waals surface area contributed by atoms with Gasteiger partial charge in [0.25, 0.3) is 5.97 Å². The fourth-order valence-electron chi connectivity index (χ4n) is 0.358. The molecular formula is C8H14O5. The van der Waals surface area contributed by atoms with Crippen LogP contribution in [0.3, 0.4) is 0 Å². The first kappa shape index (κ1) is 14.2. The molecule has 76 valence electrons. The van der Waals surface area contributed by atoms with Crippen molar-refractivity contribution in [2.45, 2.75) is 26.7 Å². The van der Waals surface area contributed by atoms with Gasteiger partial charge in [-0.25, -0.2) is 0 Å². The Kier molecular flexibility index (Phi) is 9.48. The average molecular weight is 190 g/mol. The first-order valence-electron chi connectivity index (χ1n) is 3.72. The molecule has 0 unspecified atom stereocenters. The Morgan fingerprint density at radius 1 is 1.31 bits per heavy atom. The predicted octanol–water partition coefficient (Wildman–Crippen LogP) is 0.619. The molecule has 0 rings (SSSR count). The summed E-state index contributed by atoms with van der Waals surface area (Å²) in [6.45, 7) is 2.80. The van der Waals surface area contributed by atoms with Gasteiger partial charge in [0, 0.05) is 13.3 Å². The van der Waals surface area contributed by atoms with Crippen LogP contribution in [-0.2, 0) is 19.1 Å². The molecule has 0 fully saturated rings. The lowest BCUT2D eigenvalue weighted by Gasteiger charge is -1.93. The van der Waals surface area contributed by atoms with Crippen molar-refractivity contribution >= 4 is 17.7 Å².